The molecule has 1 aliphatic heterocycles. The number of carbonyl (C=O) groups excluding carboxylic acids is 2. The number of nitrogens with one attached hydrogen (secondary N) is 1. The highest BCUT2D eigenvalue weighted by molar-refractivity contribution is 5.94. The van der Waals surface area contributed by atoms with E-state index >= 15 is 0 Å². The highest BCUT2D eigenvalue weighted by Gasteiger charge is 2.28. The van der Waals surface area contributed by atoms with Gasteiger partial charge in [0.05, 0.1) is 18.2 Å². The van der Waals surface area contributed by atoms with Crippen LogP contribution in [0.2, 0.25) is 0 Å². The lowest BCUT2D eigenvalue weighted by Gasteiger charge is -2.31. The molecule has 3 aromatic rings. The van der Waals surface area contributed by atoms with Gasteiger partial charge in [0.1, 0.15) is 6.26 Å². The maximum absolute atomic E-state index is 12.6. The first-order chi connectivity index (χ1) is 14.2. The van der Waals surface area contributed by atoms with E-state index in [1.165, 1.54) is 18.1 Å². The monoisotopic (exact) mass is 392 g/mol. The Morgan fingerprint density at radius 3 is 2.72 bits per heavy atom. The summed E-state index contributed by atoms with van der Waals surface area (Å²) in [5, 5.41) is 3.05. The second kappa shape index (κ2) is 8.77. The van der Waals surface area contributed by atoms with Crippen LogP contribution in [0, 0.1) is 5.92 Å². The van der Waals surface area contributed by atoms with Crippen LogP contribution in [-0.2, 0) is 17.9 Å². The van der Waals surface area contributed by atoms with E-state index in [9.17, 15) is 9.59 Å². The molecule has 0 saturated carbocycles. The van der Waals surface area contributed by atoms with Gasteiger partial charge in [-0.3, -0.25) is 9.59 Å². The van der Waals surface area contributed by atoms with Crippen molar-refractivity contribution >= 4 is 11.8 Å². The van der Waals surface area contributed by atoms with Crippen LogP contribution < -0.4 is 5.32 Å². The zero-order valence-electron chi connectivity index (χ0n) is 16.2. The quantitative estimate of drug-likeness (QED) is 0.699. The number of piperidine rings is 1. The molecule has 0 radical (unpaired) electrons. The molecule has 0 spiro atoms. The minimum absolute atomic E-state index is 0.0349. The molecule has 0 bridgehead atoms. The van der Waals surface area contributed by atoms with Crippen LogP contribution >= 0.6 is 0 Å². The molecule has 7 nitrogen and oxygen atoms in total. The summed E-state index contributed by atoms with van der Waals surface area (Å²) in [7, 11) is 0. The van der Waals surface area contributed by atoms with Gasteiger partial charge in [0.25, 0.3) is 5.91 Å². The lowest BCUT2D eigenvalue weighted by atomic mass is 9.95. The van der Waals surface area contributed by atoms with E-state index in [4.69, 9.17) is 4.42 Å². The summed E-state index contributed by atoms with van der Waals surface area (Å²) in [5.41, 5.74) is 2.80. The second-order valence-electron chi connectivity index (χ2n) is 7.35. The molecule has 0 atom stereocenters. The van der Waals surface area contributed by atoms with Gasteiger partial charge < -0.3 is 19.2 Å². The topological polar surface area (TPSA) is 80.4 Å². The van der Waals surface area contributed by atoms with E-state index in [0.717, 1.165) is 12.1 Å². The van der Waals surface area contributed by atoms with Gasteiger partial charge in [0.2, 0.25) is 5.91 Å². The summed E-state index contributed by atoms with van der Waals surface area (Å²) in [5.74, 6) is -0.0368. The number of nitrogens with zero attached hydrogens (tertiary/aromatic N) is 3. The van der Waals surface area contributed by atoms with E-state index < -0.39 is 0 Å². The van der Waals surface area contributed by atoms with E-state index in [-0.39, 0.29) is 17.7 Å². The molecule has 2 amide bonds. The average molecular weight is 392 g/mol. The van der Waals surface area contributed by atoms with Crippen molar-refractivity contribution in [1.29, 1.82) is 0 Å². The third-order valence-electron chi connectivity index (χ3n) is 5.30. The minimum atomic E-state index is -0.0578. The molecule has 1 aliphatic rings. The Hall–Kier alpha value is -3.35. The summed E-state index contributed by atoms with van der Waals surface area (Å²) in [6.07, 6.45) is 9.79. The fraction of sp³-hybridized carbons (Fsp3) is 0.318. The Bertz CT molecular complexity index is 942. The van der Waals surface area contributed by atoms with Gasteiger partial charge in [-0.05, 0) is 30.0 Å². The summed E-state index contributed by atoms with van der Waals surface area (Å²) in [6.45, 7) is 2.43. The van der Waals surface area contributed by atoms with Gasteiger partial charge in [0, 0.05) is 44.5 Å². The third-order valence-corrected chi connectivity index (χ3v) is 5.30. The molecule has 1 fully saturated rings. The summed E-state index contributed by atoms with van der Waals surface area (Å²) in [4.78, 5) is 30.8. The van der Waals surface area contributed by atoms with Crippen LogP contribution in [-0.4, -0.2) is 39.4 Å². The fourth-order valence-electron chi connectivity index (χ4n) is 3.68. The molecule has 3 heterocycles. The van der Waals surface area contributed by atoms with Crippen molar-refractivity contribution in [2.24, 2.45) is 5.92 Å². The maximum atomic E-state index is 12.6. The van der Waals surface area contributed by atoms with Crippen LogP contribution in [0.1, 0.15) is 34.3 Å². The maximum Gasteiger partial charge on any atom is 0.257 e. The molecule has 1 N–H and O–H groups in total. The lowest BCUT2D eigenvalue weighted by Crippen LogP contribution is -2.42. The molecule has 0 unspecified atom stereocenters. The number of aromatic nitrogens is 2. The molecular weight excluding hydrogens is 368 g/mol. The normalized spacial score (nSPS) is 14.7. The first-order valence-corrected chi connectivity index (χ1v) is 9.82. The molecule has 29 heavy (non-hydrogen) atoms. The zero-order valence-corrected chi connectivity index (χ0v) is 16.2. The Morgan fingerprint density at radius 1 is 1.17 bits per heavy atom. The van der Waals surface area contributed by atoms with E-state index in [1.54, 1.807) is 23.5 Å². The SMILES string of the molecule is O=C(NCc1cccc(Cn2ccnc2)c1)C1CCN(C(=O)c2ccoc2)CC1. The Balaban J connectivity index is 1.26. The summed E-state index contributed by atoms with van der Waals surface area (Å²) < 4.78 is 6.99. The number of imidazole rings is 1. The molecule has 1 aromatic carbocycles. The highest BCUT2D eigenvalue weighted by atomic mass is 16.3. The van der Waals surface area contributed by atoms with Crippen molar-refractivity contribution in [1.82, 2.24) is 19.8 Å². The second-order valence-corrected chi connectivity index (χ2v) is 7.35. The average Bonchev–Trinajstić information content (AvgIpc) is 3.46. The van der Waals surface area contributed by atoms with Crippen LogP contribution in [0.5, 0.6) is 0 Å². The molecule has 2 aromatic heterocycles. The van der Waals surface area contributed by atoms with Crippen molar-refractivity contribution in [3.05, 3.63) is 78.3 Å². The Morgan fingerprint density at radius 2 is 2.00 bits per heavy atom. The third kappa shape index (κ3) is 4.74. The first kappa shape index (κ1) is 19.0. The van der Waals surface area contributed by atoms with Crippen molar-refractivity contribution in [2.75, 3.05) is 13.1 Å². The molecule has 7 heteroatoms. The van der Waals surface area contributed by atoms with Crippen molar-refractivity contribution in [3.63, 3.8) is 0 Å². The number of hydrogen-bond donors (Lipinski definition) is 1. The predicted molar refractivity (Wildman–Crippen MR) is 107 cm³/mol. The zero-order chi connectivity index (χ0) is 20.1. The molecule has 1 saturated heterocycles. The van der Waals surface area contributed by atoms with Crippen LogP contribution in [0.4, 0.5) is 0 Å². The standard InChI is InChI=1S/C22H24N4O3/c27-21(19-4-8-26(9-5-19)22(28)20-6-11-29-15-20)24-13-17-2-1-3-18(12-17)14-25-10-7-23-16-25/h1-3,6-7,10-12,15-16,19H,4-5,8-9,13-14H2,(H,24,27). The number of benzene rings is 1. The van der Waals surface area contributed by atoms with Gasteiger partial charge in [-0.15, -0.1) is 0 Å². The fourth-order valence-corrected chi connectivity index (χ4v) is 3.68. The predicted octanol–water partition coefficient (Wildman–Crippen LogP) is 2.69. The van der Waals surface area contributed by atoms with E-state index in [0.29, 0.717) is 38.0 Å². The highest BCUT2D eigenvalue weighted by Crippen LogP contribution is 2.20. The number of amides is 2. The number of furan rings is 1. The Kier molecular flexibility index (Phi) is 5.74. The lowest BCUT2D eigenvalue weighted by molar-refractivity contribution is -0.126. The number of rotatable bonds is 6. The first-order valence-electron chi connectivity index (χ1n) is 9.82. The Labute approximate surface area is 169 Å². The van der Waals surface area contributed by atoms with Crippen molar-refractivity contribution in [2.45, 2.75) is 25.9 Å². The number of carbonyl (C=O) groups is 2. The number of hydrogen-bond acceptors (Lipinski definition) is 4. The van der Waals surface area contributed by atoms with E-state index in [2.05, 4.69) is 22.4 Å². The van der Waals surface area contributed by atoms with Crippen LogP contribution in [0.25, 0.3) is 0 Å². The van der Waals surface area contributed by atoms with Crippen molar-refractivity contribution in [3.8, 4) is 0 Å². The molecule has 0 aliphatic carbocycles. The summed E-state index contributed by atoms with van der Waals surface area (Å²) >= 11 is 0. The van der Waals surface area contributed by atoms with Crippen LogP contribution in [0.3, 0.4) is 0 Å². The van der Waals surface area contributed by atoms with Crippen molar-refractivity contribution < 1.29 is 14.0 Å². The van der Waals surface area contributed by atoms with Gasteiger partial charge >= 0.3 is 0 Å². The van der Waals surface area contributed by atoms with Gasteiger partial charge in [-0.1, -0.05) is 24.3 Å². The molecule has 4 rings (SSSR count). The van der Waals surface area contributed by atoms with Gasteiger partial charge in [-0.25, -0.2) is 4.98 Å². The minimum Gasteiger partial charge on any atom is -0.472 e. The van der Waals surface area contributed by atoms with E-state index in [1.807, 2.05) is 22.9 Å². The summed E-state index contributed by atoms with van der Waals surface area (Å²) in [6, 6.07) is 9.87. The largest absolute Gasteiger partial charge is 0.472 e. The van der Waals surface area contributed by atoms with Crippen LogP contribution in [0.15, 0.2) is 66.0 Å². The van der Waals surface area contributed by atoms with Gasteiger partial charge in [0.15, 0.2) is 0 Å². The smallest absolute Gasteiger partial charge is 0.257 e. The number of likely N-dealkylation sites (tertiary alicyclic amines) is 1. The van der Waals surface area contributed by atoms with Gasteiger partial charge in [-0.2, -0.15) is 0 Å². The molecule has 150 valence electrons. The molecular formula is C22H24N4O3.